The molecule has 0 saturated carbocycles. The maximum Gasteiger partial charge on any atom is 0.222 e. The topological polar surface area (TPSA) is 115 Å². The lowest BCUT2D eigenvalue weighted by Crippen LogP contribution is -2.23. The van der Waals surface area contributed by atoms with Crippen molar-refractivity contribution in [2.24, 2.45) is 0 Å². The first-order valence-electron chi connectivity index (χ1n) is 9.00. The molecule has 0 aliphatic carbocycles. The van der Waals surface area contributed by atoms with E-state index in [9.17, 15) is 5.11 Å². The predicted molar refractivity (Wildman–Crippen MR) is 112 cm³/mol. The van der Waals surface area contributed by atoms with E-state index in [2.05, 4.69) is 20.3 Å². The van der Waals surface area contributed by atoms with E-state index < -0.39 is 5.60 Å². The molecule has 3 aromatic rings. The molecule has 29 heavy (non-hydrogen) atoms. The molecule has 1 fully saturated rings. The molecular weight excluding hydrogens is 414 g/mol. The van der Waals surface area contributed by atoms with Crippen LogP contribution in [-0.2, 0) is 10.3 Å². The Morgan fingerprint density at radius 2 is 2.28 bits per heavy atom. The smallest absolute Gasteiger partial charge is 0.222 e. The van der Waals surface area contributed by atoms with Crippen LogP contribution in [0.3, 0.4) is 0 Å². The van der Waals surface area contributed by atoms with Gasteiger partial charge in [0.1, 0.15) is 27.5 Å². The number of nitrogen functional groups attached to an aromatic ring is 1. The van der Waals surface area contributed by atoms with Crippen LogP contribution in [0.15, 0.2) is 36.0 Å². The zero-order chi connectivity index (χ0) is 20.4. The molecule has 1 aliphatic rings. The minimum Gasteiger partial charge on any atom is -0.486 e. The summed E-state index contributed by atoms with van der Waals surface area (Å²) < 4.78 is 11.5. The van der Waals surface area contributed by atoms with Crippen molar-refractivity contribution in [3.63, 3.8) is 0 Å². The zero-order valence-corrected chi connectivity index (χ0v) is 17.2. The van der Waals surface area contributed by atoms with Gasteiger partial charge in [0.05, 0.1) is 25.1 Å². The van der Waals surface area contributed by atoms with Crippen molar-refractivity contribution in [3.8, 4) is 5.75 Å². The number of anilines is 3. The highest BCUT2D eigenvalue weighted by Gasteiger charge is 2.30. The molecule has 8 nitrogen and oxygen atoms in total. The predicted octanol–water partition coefficient (Wildman–Crippen LogP) is 3.34. The summed E-state index contributed by atoms with van der Waals surface area (Å²) >= 11 is 7.60. The Kier molecular flexibility index (Phi) is 5.55. The van der Waals surface area contributed by atoms with E-state index >= 15 is 0 Å². The zero-order valence-electron chi connectivity index (χ0n) is 15.6. The van der Waals surface area contributed by atoms with E-state index in [4.69, 9.17) is 26.8 Å². The van der Waals surface area contributed by atoms with Gasteiger partial charge < -0.3 is 25.6 Å². The normalized spacial score (nSPS) is 18.4. The SMILES string of the molecule is CC(O)(c1ccc(OC2CCOC2)c(Nc2nc(N)ncc2Cl)c1)c1nccs1. The lowest BCUT2D eigenvalue weighted by molar-refractivity contribution is 0.102. The van der Waals surface area contributed by atoms with E-state index in [0.29, 0.717) is 46.1 Å². The number of thiazole rings is 1. The number of hydrogen-bond acceptors (Lipinski definition) is 9. The van der Waals surface area contributed by atoms with Crippen LogP contribution >= 0.6 is 22.9 Å². The van der Waals surface area contributed by atoms with Crippen molar-refractivity contribution < 1.29 is 14.6 Å². The molecule has 2 aromatic heterocycles. The van der Waals surface area contributed by atoms with Crippen molar-refractivity contribution in [1.29, 1.82) is 0 Å². The van der Waals surface area contributed by atoms with Crippen LogP contribution in [0.2, 0.25) is 5.02 Å². The summed E-state index contributed by atoms with van der Waals surface area (Å²) in [5, 5.41) is 17.0. The molecule has 152 valence electrons. The second kappa shape index (κ2) is 8.11. The minimum absolute atomic E-state index is 0.0492. The monoisotopic (exact) mass is 433 g/mol. The molecular formula is C19H20ClN5O3S. The number of aliphatic hydroxyl groups is 1. The third-order valence-corrected chi connectivity index (χ3v) is 5.85. The number of nitrogens with zero attached hydrogens (tertiary/aromatic N) is 3. The number of ether oxygens (including phenoxy) is 2. The number of halogens is 1. The van der Waals surface area contributed by atoms with Crippen LogP contribution in [0.1, 0.15) is 23.9 Å². The van der Waals surface area contributed by atoms with Crippen molar-refractivity contribution >= 4 is 40.4 Å². The van der Waals surface area contributed by atoms with Crippen molar-refractivity contribution in [2.75, 3.05) is 24.3 Å². The van der Waals surface area contributed by atoms with Gasteiger partial charge in [0.15, 0.2) is 5.82 Å². The molecule has 0 bridgehead atoms. The Hall–Kier alpha value is -2.46. The van der Waals surface area contributed by atoms with Gasteiger partial charge >= 0.3 is 0 Å². The highest BCUT2D eigenvalue weighted by Crippen LogP contribution is 2.38. The summed E-state index contributed by atoms with van der Waals surface area (Å²) in [6.45, 7) is 2.89. The fourth-order valence-corrected chi connectivity index (χ4v) is 3.86. The van der Waals surface area contributed by atoms with Crippen LogP contribution in [0, 0.1) is 0 Å². The lowest BCUT2D eigenvalue weighted by Gasteiger charge is -2.24. The van der Waals surface area contributed by atoms with Gasteiger partial charge in [-0.05, 0) is 24.6 Å². The molecule has 4 rings (SSSR count). The van der Waals surface area contributed by atoms with E-state index in [0.717, 1.165) is 6.42 Å². The second-order valence-electron chi connectivity index (χ2n) is 6.77. The molecule has 0 radical (unpaired) electrons. The molecule has 1 aromatic carbocycles. The first-order chi connectivity index (χ1) is 13.9. The number of aromatic nitrogens is 3. The molecule has 0 spiro atoms. The van der Waals surface area contributed by atoms with Crippen LogP contribution in [0.5, 0.6) is 5.75 Å². The molecule has 1 aliphatic heterocycles. The highest BCUT2D eigenvalue weighted by molar-refractivity contribution is 7.09. The number of nitrogens with two attached hydrogens (primary N) is 1. The number of rotatable bonds is 6. The van der Waals surface area contributed by atoms with Crippen LogP contribution in [0.25, 0.3) is 0 Å². The Bertz CT molecular complexity index is 994. The fraction of sp³-hybridized carbons (Fsp3) is 0.316. The third-order valence-electron chi connectivity index (χ3n) is 4.59. The van der Waals surface area contributed by atoms with Gasteiger partial charge in [-0.2, -0.15) is 4.98 Å². The van der Waals surface area contributed by atoms with Crippen molar-refractivity contribution in [2.45, 2.75) is 25.0 Å². The first-order valence-corrected chi connectivity index (χ1v) is 10.3. The maximum absolute atomic E-state index is 11.1. The van der Waals surface area contributed by atoms with E-state index in [-0.39, 0.29) is 12.1 Å². The summed E-state index contributed by atoms with van der Waals surface area (Å²) in [6, 6.07) is 5.41. The summed E-state index contributed by atoms with van der Waals surface area (Å²) in [6.07, 6.45) is 3.84. The highest BCUT2D eigenvalue weighted by atomic mass is 35.5. The fourth-order valence-electron chi connectivity index (χ4n) is 3.00. The van der Waals surface area contributed by atoms with Crippen LogP contribution < -0.4 is 15.8 Å². The van der Waals surface area contributed by atoms with Crippen molar-refractivity contribution in [3.05, 3.63) is 51.6 Å². The maximum atomic E-state index is 11.1. The Balaban J connectivity index is 1.72. The van der Waals surface area contributed by atoms with Gasteiger partial charge in [-0.25, -0.2) is 9.97 Å². The van der Waals surface area contributed by atoms with E-state index in [1.54, 1.807) is 25.3 Å². The number of benzene rings is 1. The van der Waals surface area contributed by atoms with Crippen LogP contribution in [0.4, 0.5) is 17.5 Å². The average molecular weight is 434 g/mol. The van der Waals surface area contributed by atoms with Gasteiger partial charge in [-0.3, -0.25) is 0 Å². The summed E-state index contributed by atoms with van der Waals surface area (Å²) in [4.78, 5) is 12.3. The quantitative estimate of drug-likeness (QED) is 0.542. The number of hydrogen-bond donors (Lipinski definition) is 3. The van der Waals surface area contributed by atoms with E-state index in [1.807, 2.05) is 11.4 Å². The molecule has 1 saturated heterocycles. The Morgan fingerprint density at radius 1 is 1.41 bits per heavy atom. The molecule has 2 atom stereocenters. The van der Waals surface area contributed by atoms with Gasteiger partial charge in [0, 0.05) is 18.0 Å². The molecule has 0 amide bonds. The molecule has 2 unspecified atom stereocenters. The summed E-state index contributed by atoms with van der Waals surface area (Å²) in [5.74, 6) is 1.03. The van der Waals surface area contributed by atoms with Gasteiger partial charge in [-0.1, -0.05) is 17.7 Å². The molecule has 10 heteroatoms. The summed E-state index contributed by atoms with van der Waals surface area (Å²) in [5.41, 5.74) is 5.66. The second-order valence-corrected chi connectivity index (χ2v) is 8.08. The van der Waals surface area contributed by atoms with Crippen LogP contribution in [-0.4, -0.2) is 39.4 Å². The third kappa shape index (κ3) is 4.27. The summed E-state index contributed by atoms with van der Waals surface area (Å²) in [7, 11) is 0. The average Bonchev–Trinajstić information content (AvgIpc) is 3.40. The first kappa shape index (κ1) is 19.8. The van der Waals surface area contributed by atoms with E-state index in [1.165, 1.54) is 17.5 Å². The largest absolute Gasteiger partial charge is 0.486 e. The van der Waals surface area contributed by atoms with Gasteiger partial charge in [0.2, 0.25) is 5.95 Å². The Labute approximate surface area is 176 Å². The van der Waals surface area contributed by atoms with Crippen molar-refractivity contribution in [1.82, 2.24) is 15.0 Å². The standard InChI is InChI=1S/C19H20ClN5O3S/c1-19(26,17-22-5-7-29-17)11-2-3-15(28-12-4-6-27-10-12)14(8-11)24-16-13(20)9-23-18(21)25-16/h2-3,5,7-9,12,26H,4,6,10H2,1H3,(H3,21,23,24,25). The van der Waals surface area contributed by atoms with Gasteiger partial charge in [0.25, 0.3) is 0 Å². The van der Waals surface area contributed by atoms with Gasteiger partial charge in [-0.15, -0.1) is 11.3 Å². The molecule has 4 N–H and O–H groups in total. The number of nitrogens with one attached hydrogen (secondary N) is 1. The Morgan fingerprint density at radius 3 is 3.00 bits per heavy atom. The molecule has 3 heterocycles. The minimum atomic E-state index is -1.27. The lowest BCUT2D eigenvalue weighted by atomic mass is 9.96.